The first-order valence-corrected chi connectivity index (χ1v) is 6.00. The van der Waals surface area contributed by atoms with Crippen molar-refractivity contribution >= 4 is 5.97 Å². The summed E-state index contributed by atoms with van der Waals surface area (Å²) in [6.45, 7) is 4.52. The van der Waals surface area contributed by atoms with Crippen LogP contribution in [0.1, 0.15) is 31.4 Å². The van der Waals surface area contributed by atoms with Crippen LogP contribution in [0.5, 0.6) is 11.5 Å². The van der Waals surface area contributed by atoms with E-state index in [0.717, 1.165) is 23.3 Å². The smallest absolute Gasteiger partial charge is 0.304 e. The molecule has 0 bridgehead atoms. The molecule has 0 radical (unpaired) electrons. The highest BCUT2D eigenvalue weighted by Gasteiger charge is 2.28. The molecule has 1 aromatic carbocycles. The van der Waals surface area contributed by atoms with Crippen LogP contribution in [0.4, 0.5) is 0 Å². The van der Waals surface area contributed by atoms with Gasteiger partial charge in [-0.2, -0.15) is 0 Å². The zero-order valence-electron chi connectivity index (χ0n) is 10.9. The number of fused-ring (bicyclic) bond motifs is 1. The Morgan fingerprint density at radius 2 is 2.22 bits per heavy atom. The maximum atomic E-state index is 10.9. The van der Waals surface area contributed by atoms with Crippen molar-refractivity contribution in [2.45, 2.75) is 32.1 Å². The topological polar surface area (TPSA) is 55.8 Å². The molecule has 0 aromatic heterocycles. The molecule has 2 rings (SSSR count). The maximum Gasteiger partial charge on any atom is 0.304 e. The van der Waals surface area contributed by atoms with Gasteiger partial charge in [-0.05, 0) is 11.6 Å². The van der Waals surface area contributed by atoms with E-state index in [2.05, 4.69) is 0 Å². The SMILES string of the molecule is COc1cc(C(C)(C)CC(=O)O)cc2c1OCC2. The Labute approximate surface area is 107 Å². The first kappa shape index (κ1) is 12.7. The van der Waals surface area contributed by atoms with Crippen molar-refractivity contribution < 1.29 is 19.4 Å². The van der Waals surface area contributed by atoms with Gasteiger partial charge in [-0.1, -0.05) is 19.9 Å². The summed E-state index contributed by atoms with van der Waals surface area (Å²) in [5, 5.41) is 8.97. The van der Waals surface area contributed by atoms with E-state index in [1.165, 1.54) is 0 Å². The zero-order valence-corrected chi connectivity index (χ0v) is 10.9. The number of rotatable bonds is 4. The van der Waals surface area contributed by atoms with Gasteiger partial charge in [0.2, 0.25) is 0 Å². The van der Waals surface area contributed by atoms with E-state index in [9.17, 15) is 4.79 Å². The molecular weight excluding hydrogens is 232 g/mol. The van der Waals surface area contributed by atoms with Crippen LogP contribution in [-0.2, 0) is 16.6 Å². The minimum atomic E-state index is -0.796. The second-order valence-corrected chi connectivity index (χ2v) is 5.22. The third-order valence-corrected chi connectivity index (χ3v) is 3.34. The van der Waals surface area contributed by atoms with Crippen LogP contribution < -0.4 is 9.47 Å². The lowest BCUT2D eigenvalue weighted by Gasteiger charge is -2.24. The fourth-order valence-corrected chi connectivity index (χ4v) is 2.30. The molecule has 1 N–H and O–H groups in total. The fraction of sp³-hybridized carbons (Fsp3) is 0.500. The summed E-state index contributed by atoms with van der Waals surface area (Å²) < 4.78 is 10.9. The Morgan fingerprint density at radius 1 is 1.50 bits per heavy atom. The minimum Gasteiger partial charge on any atom is -0.493 e. The summed E-state index contributed by atoms with van der Waals surface area (Å²) in [5.41, 5.74) is 1.66. The van der Waals surface area contributed by atoms with Gasteiger partial charge in [0.25, 0.3) is 0 Å². The van der Waals surface area contributed by atoms with E-state index in [4.69, 9.17) is 14.6 Å². The number of hydrogen-bond donors (Lipinski definition) is 1. The van der Waals surface area contributed by atoms with Crippen LogP contribution >= 0.6 is 0 Å². The summed E-state index contributed by atoms with van der Waals surface area (Å²) in [6.07, 6.45) is 0.943. The second kappa shape index (κ2) is 4.52. The molecule has 1 heterocycles. The zero-order chi connectivity index (χ0) is 13.3. The first-order chi connectivity index (χ1) is 8.44. The lowest BCUT2D eigenvalue weighted by molar-refractivity contribution is -0.138. The van der Waals surface area contributed by atoms with E-state index >= 15 is 0 Å². The fourth-order valence-electron chi connectivity index (χ4n) is 2.30. The molecular formula is C14H18O4. The summed E-state index contributed by atoms with van der Waals surface area (Å²) in [5.74, 6) is 0.696. The van der Waals surface area contributed by atoms with Crippen molar-refractivity contribution in [1.82, 2.24) is 0 Å². The van der Waals surface area contributed by atoms with Gasteiger partial charge < -0.3 is 14.6 Å². The van der Waals surface area contributed by atoms with Crippen molar-refractivity contribution in [3.8, 4) is 11.5 Å². The quantitative estimate of drug-likeness (QED) is 0.891. The van der Waals surface area contributed by atoms with Crippen LogP contribution in [0.3, 0.4) is 0 Å². The monoisotopic (exact) mass is 250 g/mol. The number of benzene rings is 1. The molecule has 98 valence electrons. The van der Waals surface area contributed by atoms with Gasteiger partial charge in [0.05, 0.1) is 20.1 Å². The molecule has 0 saturated heterocycles. The number of carbonyl (C=O) groups is 1. The van der Waals surface area contributed by atoms with Crippen molar-refractivity contribution in [2.24, 2.45) is 0 Å². The van der Waals surface area contributed by atoms with Crippen molar-refractivity contribution in [3.63, 3.8) is 0 Å². The highest BCUT2D eigenvalue weighted by Crippen LogP contribution is 2.40. The highest BCUT2D eigenvalue weighted by molar-refractivity contribution is 5.69. The predicted octanol–water partition coefficient (Wildman–Crippen LogP) is 2.38. The van der Waals surface area contributed by atoms with Gasteiger partial charge in [-0.25, -0.2) is 0 Å². The largest absolute Gasteiger partial charge is 0.493 e. The Kier molecular flexibility index (Phi) is 3.20. The molecule has 0 amide bonds. The van der Waals surface area contributed by atoms with Gasteiger partial charge in [-0.3, -0.25) is 4.79 Å². The lowest BCUT2D eigenvalue weighted by Crippen LogP contribution is -2.21. The predicted molar refractivity (Wildman–Crippen MR) is 67.5 cm³/mol. The molecule has 1 aliphatic heterocycles. The number of carboxylic acid groups (broad SMARTS) is 1. The van der Waals surface area contributed by atoms with E-state index in [-0.39, 0.29) is 6.42 Å². The van der Waals surface area contributed by atoms with Gasteiger partial charge >= 0.3 is 5.97 Å². The van der Waals surface area contributed by atoms with Crippen molar-refractivity contribution in [1.29, 1.82) is 0 Å². The van der Waals surface area contributed by atoms with Crippen LogP contribution in [0.25, 0.3) is 0 Å². The number of methoxy groups -OCH3 is 1. The number of aliphatic carboxylic acids is 1. The standard InChI is InChI=1S/C14H18O4/c1-14(2,8-12(15)16)10-6-9-4-5-18-13(9)11(7-10)17-3/h6-7H,4-5,8H2,1-3H3,(H,15,16). The Hall–Kier alpha value is -1.71. The molecule has 4 nitrogen and oxygen atoms in total. The molecule has 1 aromatic rings. The van der Waals surface area contributed by atoms with E-state index in [1.54, 1.807) is 7.11 Å². The summed E-state index contributed by atoms with van der Waals surface area (Å²) >= 11 is 0. The van der Waals surface area contributed by atoms with Gasteiger partial charge in [0.1, 0.15) is 0 Å². The number of carboxylic acids is 1. The van der Waals surface area contributed by atoms with Crippen LogP contribution in [0.15, 0.2) is 12.1 Å². The van der Waals surface area contributed by atoms with Gasteiger partial charge in [-0.15, -0.1) is 0 Å². The normalized spacial score (nSPS) is 13.9. The van der Waals surface area contributed by atoms with Gasteiger partial charge in [0.15, 0.2) is 11.5 Å². The molecule has 18 heavy (non-hydrogen) atoms. The average molecular weight is 250 g/mol. The summed E-state index contributed by atoms with van der Waals surface area (Å²) in [6, 6.07) is 3.92. The molecule has 0 fully saturated rings. The number of hydrogen-bond acceptors (Lipinski definition) is 3. The maximum absolute atomic E-state index is 10.9. The highest BCUT2D eigenvalue weighted by atomic mass is 16.5. The molecule has 0 unspecified atom stereocenters. The Bertz CT molecular complexity index is 477. The van der Waals surface area contributed by atoms with Crippen molar-refractivity contribution in [3.05, 3.63) is 23.3 Å². The van der Waals surface area contributed by atoms with Crippen molar-refractivity contribution in [2.75, 3.05) is 13.7 Å². The van der Waals surface area contributed by atoms with E-state index in [0.29, 0.717) is 12.4 Å². The van der Waals surface area contributed by atoms with Gasteiger partial charge in [0, 0.05) is 17.4 Å². The first-order valence-electron chi connectivity index (χ1n) is 6.00. The van der Waals surface area contributed by atoms with Crippen LogP contribution in [-0.4, -0.2) is 24.8 Å². The minimum absolute atomic E-state index is 0.0931. The third kappa shape index (κ3) is 2.28. The molecule has 4 heteroatoms. The molecule has 0 saturated carbocycles. The number of ether oxygens (including phenoxy) is 2. The van der Waals surface area contributed by atoms with E-state index < -0.39 is 11.4 Å². The lowest BCUT2D eigenvalue weighted by atomic mass is 9.80. The third-order valence-electron chi connectivity index (χ3n) is 3.34. The van der Waals surface area contributed by atoms with Crippen LogP contribution in [0.2, 0.25) is 0 Å². The van der Waals surface area contributed by atoms with E-state index in [1.807, 2.05) is 26.0 Å². The van der Waals surface area contributed by atoms with Crippen LogP contribution in [0, 0.1) is 0 Å². The Morgan fingerprint density at radius 3 is 2.83 bits per heavy atom. The molecule has 0 atom stereocenters. The average Bonchev–Trinajstić information content (AvgIpc) is 2.73. The Balaban J connectivity index is 2.43. The molecule has 0 aliphatic carbocycles. The summed E-state index contributed by atoms with van der Waals surface area (Å²) in [4.78, 5) is 10.9. The summed E-state index contributed by atoms with van der Waals surface area (Å²) in [7, 11) is 1.60. The molecule has 0 spiro atoms. The second-order valence-electron chi connectivity index (χ2n) is 5.22. The molecule has 1 aliphatic rings.